The molecule has 0 aromatic heterocycles. The summed E-state index contributed by atoms with van der Waals surface area (Å²) in [6.07, 6.45) is 0. The van der Waals surface area contributed by atoms with Gasteiger partial charge in [0.15, 0.2) is 0 Å². The molecule has 0 bridgehead atoms. The molecule has 2 rings (SSSR count). The summed E-state index contributed by atoms with van der Waals surface area (Å²) < 4.78 is 10.5. The Bertz CT molecular complexity index is 665. The van der Waals surface area contributed by atoms with Gasteiger partial charge in [0.05, 0.1) is 12.7 Å². The average Bonchev–Trinajstić information content (AvgIpc) is 2.48. The fourth-order valence-electron chi connectivity index (χ4n) is 2.09. The van der Waals surface area contributed by atoms with E-state index in [0.717, 1.165) is 22.4 Å². The van der Waals surface area contributed by atoms with Gasteiger partial charge >= 0.3 is 5.97 Å². The molecule has 0 radical (unpaired) electrons. The summed E-state index contributed by atoms with van der Waals surface area (Å²) in [6, 6.07) is 10.9. The Labute approximate surface area is 124 Å². The van der Waals surface area contributed by atoms with Crippen LogP contribution in [-0.4, -0.2) is 13.1 Å². The molecule has 0 spiro atoms. The minimum atomic E-state index is -0.370. The van der Waals surface area contributed by atoms with E-state index in [1.165, 1.54) is 0 Å². The van der Waals surface area contributed by atoms with Gasteiger partial charge in [0.25, 0.3) is 0 Å². The summed E-state index contributed by atoms with van der Waals surface area (Å²) in [6.45, 7) is 4.00. The van der Waals surface area contributed by atoms with Gasteiger partial charge < -0.3 is 15.2 Å². The van der Waals surface area contributed by atoms with E-state index in [-0.39, 0.29) is 12.6 Å². The Balaban J connectivity index is 2.11. The topological polar surface area (TPSA) is 61.5 Å². The lowest BCUT2D eigenvalue weighted by molar-refractivity contribution is 0.0471. The minimum Gasteiger partial charge on any atom is -0.497 e. The normalized spacial score (nSPS) is 10.2. The van der Waals surface area contributed by atoms with E-state index in [2.05, 4.69) is 0 Å². The number of ether oxygens (including phenoxy) is 2. The molecule has 4 nitrogen and oxygen atoms in total. The molecule has 2 N–H and O–H groups in total. The van der Waals surface area contributed by atoms with Crippen LogP contribution in [0.15, 0.2) is 36.4 Å². The summed E-state index contributed by atoms with van der Waals surface area (Å²) in [5.74, 6) is 0.366. The lowest BCUT2D eigenvalue weighted by Gasteiger charge is -2.11. The lowest BCUT2D eigenvalue weighted by atomic mass is 10.0. The molecule has 21 heavy (non-hydrogen) atoms. The highest BCUT2D eigenvalue weighted by atomic mass is 16.5. The van der Waals surface area contributed by atoms with E-state index >= 15 is 0 Å². The Morgan fingerprint density at radius 3 is 2.67 bits per heavy atom. The third kappa shape index (κ3) is 3.54. The van der Waals surface area contributed by atoms with E-state index in [4.69, 9.17) is 15.2 Å². The van der Waals surface area contributed by atoms with Crippen molar-refractivity contribution in [3.63, 3.8) is 0 Å². The number of hydrogen-bond acceptors (Lipinski definition) is 4. The van der Waals surface area contributed by atoms with Crippen molar-refractivity contribution < 1.29 is 14.3 Å². The average molecular weight is 285 g/mol. The molecule has 0 fully saturated rings. The second-order valence-electron chi connectivity index (χ2n) is 4.94. The van der Waals surface area contributed by atoms with Crippen LogP contribution < -0.4 is 10.5 Å². The Kier molecular flexibility index (Phi) is 4.48. The van der Waals surface area contributed by atoms with E-state index in [1.807, 2.05) is 44.2 Å². The molecule has 0 aliphatic heterocycles. The van der Waals surface area contributed by atoms with Crippen molar-refractivity contribution in [3.8, 4) is 5.75 Å². The molecule has 0 atom stereocenters. The second-order valence-corrected chi connectivity index (χ2v) is 4.94. The number of benzene rings is 2. The first-order chi connectivity index (χ1) is 10.0. The van der Waals surface area contributed by atoms with Crippen LogP contribution in [0.5, 0.6) is 5.75 Å². The fraction of sp³-hybridized carbons (Fsp3) is 0.235. The van der Waals surface area contributed by atoms with Gasteiger partial charge in [-0.3, -0.25) is 0 Å². The van der Waals surface area contributed by atoms with Crippen molar-refractivity contribution in [2.45, 2.75) is 20.5 Å². The number of methoxy groups -OCH3 is 1. The van der Waals surface area contributed by atoms with Gasteiger partial charge in [-0.2, -0.15) is 0 Å². The number of anilines is 1. The van der Waals surface area contributed by atoms with E-state index in [0.29, 0.717) is 11.3 Å². The Morgan fingerprint density at radius 1 is 1.19 bits per heavy atom. The first-order valence-corrected chi connectivity index (χ1v) is 6.68. The van der Waals surface area contributed by atoms with E-state index in [1.54, 1.807) is 13.2 Å². The third-order valence-corrected chi connectivity index (χ3v) is 3.41. The number of nitrogen functional groups attached to an aromatic ring is 1. The fourth-order valence-corrected chi connectivity index (χ4v) is 2.09. The molecular weight excluding hydrogens is 266 g/mol. The van der Waals surface area contributed by atoms with Gasteiger partial charge in [-0.15, -0.1) is 0 Å². The molecular formula is C17H19NO3. The summed E-state index contributed by atoms with van der Waals surface area (Å²) in [5.41, 5.74) is 9.60. The van der Waals surface area contributed by atoms with Crippen molar-refractivity contribution >= 4 is 11.7 Å². The smallest absolute Gasteiger partial charge is 0.338 e. The number of hydrogen-bond donors (Lipinski definition) is 1. The lowest BCUT2D eigenvalue weighted by Crippen LogP contribution is -2.09. The van der Waals surface area contributed by atoms with Crippen molar-refractivity contribution in [3.05, 3.63) is 58.7 Å². The summed E-state index contributed by atoms with van der Waals surface area (Å²) in [5, 5.41) is 0. The SMILES string of the molecule is COc1cccc(COC(=O)c2cc(N)cc(C)c2C)c1. The van der Waals surface area contributed by atoms with Crippen LogP contribution in [0.1, 0.15) is 27.0 Å². The van der Waals surface area contributed by atoms with E-state index in [9.17, 15) is 4.79 Å². The molecule has 0 heterocycles. The number of nitrogens with two attached hydrogens (primary N) is 1. The van der Waals surface area contributed by atoms with Gasteiger partial charge in [0.2, 0.25) is 0 Å². The number of aryl methyl sites for hydroxylation is 1. The zero-order valence-electron chi connectivity index (χ0n) is 12.5. The zero-order chi connectivity index (χ0) is 15.4. The number of carbonyl (C=O) groups is 1. The molecule has 0 aliphatic carbocycles. The van der Waals surface area contributed by atoms with Crippen LogP contribution in [0.3, 0.4) is 0 Å². The quantitative estimate of drug-likeness (QED) is 0.692. The van der Waals surface area contributed by atoms with Crippen LogP contribution >= 0.6 is 0 Å². The van der Waals surface area contributed by atoms with Gasteiger partial charge in [-0.1, -0.05) is 12.1 Å². The van der Waals surface area contributed by atoms with Crippen molar-refractivity contribution in [2.24, 2.45) is 0 Å². The van der Waals surface area contributed by atoms with Crippen LogP contribution in [0.4, 0.5) is 5.69 Å². The second kappa shape index (κ2) is 6.31. The van der Waals surface area contributed by atoms with Crippen molar-refractivity contribution in [2.75, 3.05) is 12.8 Å². The maximum Gasteiger partial charge on any atom is 0.338 e. The summed E-state index contributed by atoms with van der Waals surface area (Å²) in [4.78, 5) is 12.2. The van der Waals surface area contributed by atoms with Crippen molar-refractivity contribution in [1.82, 2.24) is 0 Å². The molecule has 0 aliphatic rings. The van der Waals surface area contributed by atoms with Crippen LogP contribution in [0.25, 0.3) is 0 Å². The highest BCUT2D eigenvalue weighted by Gasteiger charge is 2.13. The van der Waals surface area contributed by atoms with E-state index < -0.39 is 0 Å². The maximum absolute atomic E-state index is 12.2. The Morgan fingerprint density at radius 2 is 1.95 bits per heavy atom. The molecule has 2 aromatic rings. The summed E-state index contributed by atoms with van der Waals surface area (Å²) in [7, 11) is 1.60. The van der Waals surface area contributed by atoms with Gasteiger partial charge in [-0.25, -0.2) is 4.79 Å². The van der Waals surface area contributed by atoms with Gasteiger partial charge in [0, 0.05) is 5.69 Å². The Hall–Kier alpha value is -2.49. The third-order valence-electron chi connectivity index (χ3n) is 3.41. The molecule has 110 valence electrons. The minimum absolute atomic E-state index is 0.198. The predicted octanol–water partition coefficient (Wildman–Crippen LogP) is 3.25. The molecule has 0 saturated carbocycles. The van der Waals surface area contributed by atoms with Crippen LogP contribution in [0, 0.1) is 13.8 Å². The molecule has 0 unspecified atom stereocenters. The van der Waals surface area contributed by atoms with Gasteiger partial charge in [-0.05, 0) is 54.8 Å². The molecule has 2 aromatic carbocycles. The maximum atomic E-state index is 12.2. The highest BCUT2D eigenvalue weighted by molar-refractivity contribution is 5.92. The van der Waals surface area contributed by atoms with Crippen molar-refractivity contribution in [1.29, 1.82) is 0 Å². The molecule has 0 amide bonds. The van der Waals surface area contributed by atoms with Crippen LogP contribution in [0.2, 0.25) is 0 Å². The van der Waals surface area contributed by atoms with Gasteiger partial charge in [0.1, 0.15) is 12.4 Å². The number of rotatable bonds is 4. The monoisotopic (exact) mass is 285 g/mol. The molecule has 0 saturated heterocycles. The first-order valence-electron chi connectivity index (χ1n) is 6.68. The summed E-state index contributed by atoms with van der Waals surface area (Å²) >= 11 is 0. The molecule has 4 heteroatoms. The zero-order valence-corrected chi connectivity index (χ0v) is 12.5. The first kappa shape index (κ1) is 14.9. The highest BCUT2D eigenvalue weighted by Crippen LogP contribution is 2.20. The predicted molar refractivity (Wildman–Crippen MR) is 82.4 cm³/mol. The number of esters is 1. The number of carbonyl (C=O) groups excluding carboxylic acids is 1. The standard InChI is InChI=1S/C17H19NO3/c1-11-7-14(18)9-16(12(11)2)17(19)21-10-13-5-4-6-15(8-13)20-3/h4-9H,10,18H2,1-3H3. The van der Waals surface area contributed by atoms with Crippen LogP contribution in [-0.2, 0) is 11.3 Å². The largest absolute Gasteiger partial charge is 0.497 e.